The summed E-state index contributed by atoms with van der Waals surface area (Å²) in [7, 11) is -3.55. The molecule has 0 amide bonds. The summed E-state index contributed by atoms with van der Waals surface area (Å²) in [4.78, 5) is 0. The molecule has 114 valence electrons. The zero-order valence-electron chi connectivity index (χ0n) is 11.7. The zero-order chi connectivity index (χ0) is 14.4. The first-order valence-corrected chi connectivity index (χ1v) is 8.45. The van der Waals surface area contributed by atoms with Gasteiger partial charge in [0.2, 0.25) is 0 Å². The number of aromatic amines is 1. The molecule has 7 nitrogen and oxygen atoms in total. The number of nitrogens with one attached hydrogen (secondary N) is 3. The number of rotatable bonds is 7. The Hall–Kier alpha value is -0.960. The van der Waals surface area contributed by atoms with Crippen LogP contribution >= 0.6 is 0 Å². The summed E-state index contributed by atoms with van der Waals surface area (Å²) in [5, 5.41) is 9.78. The standard InChI is InChI=1S/C12H22N4O3S/c1-2-5-13-8-10-9-14-15-12(10)20(17,18)16-11-3-6-19-7-4-11/h9,11,13,16H,2-8H2,1H3,(H,14,15). The summed E-state index contributed by atoms with van der Waals surface area (Å²) in [6.45, 7) is 4.60. The van der Waals surface area contributed by atoms with Crippen molar-refractivity contribution in [2.24, 2.45) is 0 Å². The van der Waals surface area contributed by atoms with E-state index in [4.69, 9.17) is 4.74 Å². The van der Waals surface area contributed by atoms with E-state index in [-0.39, 0.29) is 11.1 Å². The number of hydrogen-bond donors (Lipinski definition) is 3. The van der Waals surface area contributed by atoms with Crippen LogP contribution in [0.3, 0.4) is 0 Å². The molecule has 2 rings (SSSR count). The number of sulfonamides is 1. The van der Waals surface area contributed by atoms with Crippen LogP contribution in [0, 0.1) is 0 Å². The molecule has 0 unspecified atom stereocenters. The Morgan fingerprint density at radius 1 is 1.45 bits per heavy atom. The van der Waals surface area contributed by atoms with Gasteiger partial charge in [0.05, 0.1) is 6.20 Å². The highest BCUT2D eigenvalue weighted by Gasteiger charge is 2.25. The van der Waals surface area contributed by atoms with E-state index in [2.05, 4.69) is 27.2 Å². The molecule has 0 aromatic carbocycles. The minimum absolute atomic E-state index is 0.0616. The highest BCUT2D eigenvalue weighted by molar-refractivity contribution is 7.89. The fourth-order valence-electron chi connectivity index (χ4n) is 2.15. The molecular weight excluding hydrogens is 280 g/mol. The molecule has 1 aromatic rings. The number of hydrogen-bond acceptors (Lipinski definition) is 5. The molecule has 20 heavy (non-hydrogen) atoms. The SMILES string of the molecule is CCCNCc1cn[nH]c1S(=O)(=O)NC1CCOCC1. The van der Waals surface area contributed by atoms with Crippen molar-refractivity contribution in [1.82, 2.24) is 20.2 Å². The Morgan fingerprint density at radius 3 is 2.90 bits per heavy atom. The molecule has 3 N–H and O–H groups in total. The second kappa shape index (κ2) is 7.16. The minimum atomic E-state index is -3.55. The second-order valence-electron chi connectivity index (χ2n) is 4.91. The summed E-state index contributed by atoms with van der Waals surface area (Å²) in [6.07, 6.45) is 3.97. The highest BCUT2D eigenvalue weighted by Crippen LogP contribution is 2.15. The molecule has 0 saturated carbocycles. The van der Waals surface area contributed by atoms with Gasteiger partial charge in [0.15, 0.2) is 5.03 Å². The van der Waals surface area contributed by atoms with Crippen LogP contribution in [0.1, 0.15) is 31.7 Å². The number of H-pyrrole nitrogens is 1. The first-order valence-electron chi connectivity index (χ1n) is 6.96. The Balaban J connectivity index is 2.03. The van der Waals surface area contributed by atoms with E-state index in [9.17, 15) is 8.42 Å². The van der Waals surface area contributed by atoms with Crippen LogP contribution in [-0.2, 0) is 21.3 Å². The van der Waals surface area contributed by atoms with Gasteiger partial charge in [-0.3, -0.25) is 5.10 Å². The highest BCUT2D eigenvalue weighted by atomic mass is 32.2. The van der Waals surface area contributed by atoms with Crippen LogP contribution in [-0.4, -0.2) is 44.4 Å². The molecule has 0 radical (unpaired) electrons. The lowest BCUT2D eigenvalue weighted by atomic mass is 10.1. The third kappa shape index (κ3) is 4.02. The van der Waals surface area contributed by atoms with Gasteiger partial charge in [0.25, 0.3) is 10.0 Å². The molecular formula is C12H22N4O3S. The maximum Gasteiger partial charge on any atom is 0.258 e. The van der Waals surface area contributed by atoms with E-state index in [1.165, 1.54) is 0 Å². The summed E-state index contributed by atoms with van der Waals surface area (Å²) < 4.78 is 32.7. The molecule has 1 aliphatic heterocycles. The predicted octanol–water partition coefficient (Wildman–Crippen LogP) is 0.367. The number of ether oxygens (including phenoxy) is 1. The molecule has 1 aliphatic rings. The van der Waals surface area contributed by atoms with Gasteiger partial charge in [-0.1, -0.05) is 6.92 Å². The third-order valence-corrected chi connectivity index (χ3v) is 4.77. The van der Waals surface area contributed by atoms with E-state index >= 15 is 0 Å². The maximum atomic E-state index is 12.4. The molecule has 0 aliphatic carbocycles. The maximum absolute atomic E-state index is 12.4. The second-order valence-corrected chi connectivity index (χ2v) is 6.56. The molecule has 8 heteroatoms. The number of nitrogens with zero attached hydrogens (tertiary/aromatic N) is 1. The Labute approximate surface area is 119 Å². The van der Waals surface area contributed by atoms with Gasteiger partial charge in [-0.25, -0.2) is 13.1 Å². The molecule has 0 spiro atoms. The first kappa shape index (κ1) is 15.4. The molecule has 1 saturated heterocycles. The third-order valence-electron chi connectivity index (χ3n) is 3.23. The first-order chi connectivity index (χ1) is 9.63. The van der Waals surface area contributed by atoms with Crippen molar-refractivity contribution in [3.63, 3.8) is 0 Å². The van der Waals surface area contributed by atoms with E-state index in [0.717, 1.165) is 13.0 Å². The largest absolute Gasteiger partial charge is 0.381 e. The van der Waals surface area contributed by atoms with Gasteiger partial charge >= 0.3 is 0 Å². The minimum Gasteiger partial charge on any atom is -0.381 e. The average molecular weight is 302 g/mol. The van der Waals surface area contributed by atoms with Gasteiger partial charge in [0.1, 0.15) is 0 Å². The lowest BCUT2D eigenvalue weighted by molar-refractivity contribution is 0.0832. The molecule has 0 bridgehead atoms. The Kier molecular flexibility index (Phi) is 5.53. The van der Waals surface area contributed by atoms with Crippen LogP contribution in [0.2, 0.25) is 0 Å². The fraction of sp³-hybridized carbons (Fsp3) is 0.750. The van der Waals surface area contributed by atoms with Crippen molar-refractivity contribution in [1.29, 1.82) is 0 Å². The van der Waals surface area contributed by atoms with Crippen molar-refractivity contribution in [2.75, 3.05) is 19.8 Å². The topological polar surface area (TPSA) is 96.1 Å². The summed E-state index contributed by atoms with van der Waals surface area (Å²) in [6, 6.07) is -0.0616. The monoisotopic (exact) mass is 302 g/mol. The van der Waals surface area contributed by atoms with Crippen LogP contribution in [0.4, 0.5) is 0 Å². The summed E-state index contributed by atoms with van der Waals surface area (Å²) in [5.74, 6) is 0. The smallest absolute Gasteiger partial charge is 0.258 e. The van der Waals surface area contributed by atoms with Gasteiger partial charge < -0.3 is 10.1 Å². The van der Waals surface area contributed by atoms with Crippen LogP contribution in [0.5, 0.6) is 0 Å². The van der Waals surface area contributed by atoms with Gasteiger partial charge in [-0.2, -0.15) is 5.10 Å². The van der Waals surface area contributed by atoms with Crippen molar-refractivity contribution < 1.29 is 13.2 Å². The Bertz CT molecular complexity index is 509. The predicted molar refractivity (Wildman–Crippen MR) is 74.7 cm³/mol. The van der Waals surface area contributed by atoms with E-state index in [1.807, 2.05) is 0 Å². The number of aromatic nitrogens is 2. The lowest BCUT2D eigenvalue weighted by Crippen LogP contribution is -2.39. The summed E-state index contributed by atoms with van der Waals surface area (Å²) in [5.41, 5.74) is 0.665. The molecule has 2 heterocycles. The van der Waals surface area contributed by atoms with Crippen molar-refractivity contribution in [2.45, 2.75) is 43.8 Å². The molecule has 1 aromatic heterocycles. The molecule has 1 fully saturated rings. The average Bonchev–Trinajstić information content (AvgIpc) is 2.89. The quantitative estimate of drug-likeness (QED) is 0.632. The van der Waals surface area contributed by atoms with Crippen molar-refractivity contribution in [3.8, 4) is 0 Å². The van der Waals surface area contributed by atoms with Gasteiger partial charge in [-0.05, 0) is 25.8 Å². The lowest BCUT2D eigenvalue weighted by Gasteiger charge is -2.22. The van der Waals surface area contributed by atoms with Crippen LogP contribution in [0.15, 0.2) is 11.2 Å². The summed E-state index contributed by atoms with van der Waals surface area (Å²) >= 11 is 0. The van der Waals surface area contributed by atoms with E-state index in [1.54, 1.807) is 6.20 Å². The Morgan fingerprint density at radius 2 is 2.20 bits per heavy atom. The van der Waals surface area contributed by atoms with Crippen LogP contribution < -0.4 is 10.0 Å². The fourth-order valence-corrected chi connectivity index (χ4v) is 3.59. The normalized spacial score (nSPS) is 17.4. The van der Waals surface area contributed by atoms with Crippen molar-refractivity contribution >= 4 is 10.0 Å². The van der Waals surface area contributed by atoms with E-state index in [0.29, 0.717) is 38.2 Å². The molecule has 0 atom stereocenters. The van der Waals surface area contributed by atoms with Crippen LogP contribution in [0.25, 0.3) is 0 Å². The zero-order valence-corrected chi connectivity index (χ0v) is 12.5. The van der Waals surface area contributed by atoms with Gasteiger partial charge in [0, 0.05) is 31.4 Å². The van der Waals surface area contributed by atoms with E-state index < -0.39 is 10.0 Å². The van der Waals surface area contributed by atoms with Crippen molar-refractivity contribution in [3.05, 3.63) is 11.8 Å². The van der Waals surface area contributed by atoms with Gasteiger partial charge in [-0.15, -0.1) is 0 Å².